The lowest BCUT2D eigenvalue weighted by molar-refractivity contribution is 0.238. The average Bonchev–Trinajstić information content (AvgIpc) is 2.65. The van der Waals surface area contributed by atoms with Crippen LogP contribution in [-0.4, -0.2) is 41.6 Å². The number of nitrogens with one attached hydrogen (secondary N) is 1. The lowest BCUT2D eigenvalue weighted by atomic mass is 10.1. The van der Waals surface area contributed by atoms with Crippen molar-refractivity contribution in [3.8, 4) is 22.9 Å². The molecule has 0 aliphatic carbocycles. The third-order valence-corrected chi connectivity index (χ3v) is 4.44. The van der Waals surface area contributed by atoms with Crippen LogP contribution in [0.25, 0.3) is 11.4 Å². The molecular weight excluding hydrogens is 334 g/mol. The second-order valence-corrected chi connectivity index (χ2v) is 6.24. The molecule has 0 spiro atoms. The summed E-state index contributed by atoms with van der Waals surface area (Å²) in [5.41, 5.74) is 2.61. The summed E-state index contributed by atoms with van der Waals surface area (Å²) in [6, 6.07) is 4.53. The fourth-order valence-electron chi connectivity index (χ4n) is 3.10. The number of phenols is 2. The van der Waals surface area contributed by atoms with E-state index in [1.807, 2.05) is 0 Å². The van der Waals surface area contributed by atoms with Crippen LogP contribution in [0, 0.1) is 0 Å². The molecule has 1 aliphatic rings. The van der Waals surface area contributed by atoms with E-state index >= 15 is 0 Å². The van der Waals surface area contributed by atoms with Crippen LogP contribution in [0.5, 0.6) is 11.5 Å². The van der Waals surface area contributed by atoms with E-state index in [9.17, 15) is 15.0 Å². The number of aromatic hydroxyl groups is 2. The Hall–Kier alpha value is -3.26. The van der Waals surface area contributed by atoms with Gasteiger partial charge < -0.3 is 15.2 Å². The van der Waals surface area contributed by atoms with Gasteiger partial charge in [-0.15, -0.1) is 0 Å². The Morgan fingerprint density at radius 2 is 2.00 bits per heavy atom. The van der Waals surface area contributed by atoms with Crippen LogP contribution in [0.1, 0.15) is 16.8 Å². The Kier molecular flexibility index (Phi) is 4.10. The Morgan fingerprint density at radius 3 is 2.77 bits per heavy atom. The number of aromatic amines is 1. The Morgan fingerprint density at radius 1 is 1.19 bits per heavy atom. The lowest BCUT2D eigenvalue weighted by Crippen LogP contribution is -2.35. The molecule has 0 bridgehead atoms. The second-order valence-electron chi connectivity index (χ2n) is 6.24. The monoisotopic (exact) mass is 351 g/mol. The molecule has 3 N–H and O–H groups in total. The Bertz CT molecular complexity index is 1000. The topological polar surface area (TPSA) is 115 Å². The second kappa shape index (κ2) is 6.57. The Labute approximate surface area is 148 Å². The van der Waals surface area contributed by atoms with E-state index < -0.39 is 0 Å². The normalized spacial score (nSPS) is 14.2. The molecular formula is C18H17N5O3. The van der Waals surface area contributed by atoms with Gasteiger partial charge in [0.2, 0.25) is 0 Å². The fourth-order valence-corrected chi connectivity index (χ4v) is 3.10. The van der Waals surface area contributed by atoms with Gasteiger partial charge in [0.1, 0.15) is 23.7 Å². The van der Waals surface area contributed by atoms with Crippen molar-refractivity contribution in [2.24, 2.45) is 0 Å². The lowest BCUT2D eigenvalue weighted by Gasteiger charge is -2.28. The van der Waals surface area contributed by atoms with Crippen molar-refractivity contribution < 1.29 is 10.2 Å². The van der Waals surface area contributed by atoms with Gasteiger partial charge in [0.25, 0.3) is 5.56 Å². The first-order chi connectivity index (χ1) is 12.6. The van der Waals surface area contributed by atoms with Crippen molar-refractivity contribution in [1.29, 1.82) is 0 Å². The van der Waals surface area contributed by atoms with Gasteiger partial charge in [-0.2, -0.15) is 0 Å². The standard InChI is InChI=1S/C18H17N5O3/c24-13-2-1-11(16(25)5-13)8-23-4-3-15-14(9-23)18(26)22-17(21-15)12-6-19-10-20-7-12/h1-2,5-7,10,24-25H,3-4,8-9H2,(H,21,22,26). The van der Waals surface area contributed by atoms with Crippen molar-refractivity contribution in [3.05, 3.63) is 64.1 Å². The molecule has 0 saturated heterocycles. The summed E-state index contributed by atoms with van der Waals surface area (Å²) in [5.74, 6) is 0.537. The zero-order chi connectivity index (χ0) is 18.1. The van der Waals surface area contributed by atoms with E-state index in [2.05, 4.69) is 24.8 Å². The Balaban J connectivity index is 1.58. The maximum atomic E-state index is 12.5. The molecule has 2 aromatic heterocycles. The van der Waals surface area contributed by atoms with E-state index in [-0.39, 0.29) is 17.1 Å². The fraction of sp³-hybridized carbons (Fsp3) is 0.222. The van der Waals surface area contributed by atoms with Crippen molar-refractivity contribution in [3.63, 3.8) is 0 Å². The van der Waals surface area contributed by atoms with Gasteiger partial charge >= 0.3 is 0 Å². The molecule has 0 radical (unpaired) electrons. The van der Waals surface area contributed by atoms with Gasteiger partial charge in [-0.25, -0.2) is 15.0 Å². The number of hydrogen-bond donors (Lipinski definition) is 3. The van der Waals surface area contributed by atoms with E-state index in [0.717, 1.165) is 5.69 Å². The van der Waals surface area contributed by atoms with Gasteiger partial charge in [-0.05, 0) is 6.07 Å². The van der Waals surface area contributed by atoms with Crippen molar-refractivity contribution >= 4 is 0 Å². The van der Waals surface area contributed by atoms with E-state index in [4.69, 9.17) is 0 Å². The van der Waals surface area contributed by atoms with Crippen LogP contribution in [0.15, 0.2) is 41.7 Å². The summed E-state index contributed by atoms with van der Waals surface area (Å²) in [6.45, 7) is 1.65. The number of benzene rings is 1. The van der Waals surface area contributed by atoms with Crippen LogP contribution in [0.3, 0.4) is 0 Å². The molecule has 8 nitrogen and oxygen atoms in total. The van der Waals surface area contributed by atoms with Crippen molar-refractivity contribution in [2.45, 2.75) is 19.5 Å². The number of rotatable bonds is 3. The van der Waals surface area contributed by atoms with Crippen molar-refractivity contribution in [2.75, 3.05) is 6.54 Å². The number of H-pyrrole nitrogens is 1. The molecule has 0 atom stereocenters. The highest BCUT2D eigenvalue weighted by Crippen LogP contribution is 2.26. The van der Waals surface area contributed by atoms with Crippen molar-refractivity contribution in [1.82, 2.24) is 24.8 Å². The summed E-state index contributed by atoms with van der Waals surface area (Å²) in [5, 5.41) is 19.3. The zero-order valence-corrected chi connectivity index (χ0v) is 13.9. The number of fused-ring (bicyclic) bond motifs is 1. The molecule has 1 aromatic carbocycles. The maximum Gasteiger partial charge on any atom is 0.255 e. The quantitative estimate of drug-likeness (QED) is 0.649. The zero-order valence-electron chi connectivity index (χ0n) is 13.9. The molecule has 3 aromatic rings. The third kappa shape index (κ3) is 3.14. The van der Waals surface area contributed by atoms with Gasteiger partial charge in [0.05, 0.1) is 16.8 Å². The highest BCUT2D eigenvalue weighted by atomic mass is 16.3. The molecule has 0 unspecified atom stereocenters. The van der Waals surface area contributed by atoms with Crippen LogP contribution in [0.4, 0.5) is 0 Å². The summed E-state index contributed by atoms with van der Waals surface area (Å²) in [7, 11) is 0. The molecule has 4 rings (SSSR count). The molecule has 8 heteroatoms. The van der Waals surface area contributed by atoms with Crippen LogP contribution in [-0.2, 0) is 19.5 Å². The third-order valence-electron chi connectivity index (χ3n) is 4.44. The summed E-state index contributed by atoms with van der Waals surface area (Å²) in [4.78, 5) is 29.9. The number of aromatic nitrogens is 4. The number of phenolic OH excluding ortho intramolecular Hbond substituents is 2. The van der Waals surface area contributed by atoms with Gasteiger partial charge in [-0.1, -0.05) is 6.07 Å². The van der Waals surface area contributed by atoms with Crippen LogP contribution < -0.4 is 5.56 Å². The first-order valence-corrected chi connectivity index (χ1v) is 8.21. The minimum absolute atomic E-state index is 0.0216. The van der Waals surface area contributed by atoms with Gasteiger partial charge in [0.15, 0.2) is 0 Å². The smallest absolute Gasteiger partial charge is 0.255 e. The molecule has 0 amide bonds. The van der Waals surface area contributed by atoms with E-state index in [1.54, 1.807) is 18.5 Å². The number of hydrogen-bond acceptors (Lipinski definition) is 7. The van der Waals surface area contributed by atoms with E-state index in [1.165, 1.54) is 18.5 Å². The van der Waals surface area contributed by atoms with E-state index in [0.29, 0.717) is 48.6 Å². The summed E-state index contributed by atoms with van der Waals surface area (Å²) < 4.78 is 0. The minimum Gasteiger partial charge on any atom is -0.508 e. The van der Waals surface area contributed by atoms with Gasteiger partial charge in [0, 0.05) is 50.1 Å². The summed E-state index contributed by atoms with van der Waals surface area (Å²) in [6.07, 6.45) is 5.29. The highest BCUT2D eigenvalue weighted by molar-refractivity contribution is 5.52. The van der Waals surface area contributed by atoms with Gasteiger partial charge in [-0.3, -0.25) is 9.69 Å². The largest absolute Gasteiger partial charge is 0.508 e. The molecule has 0 fully saturated rings. The first-order valence-electron chi connectivity index (χ1n) is 8.21. The first kappa shape index (κ1) is 16.2. The molecule has 0 saturated carbocycles. The van der Waals surface area contributed by atoms with Crippen LogP contribution >= 0.6 is 0 Å². The predicted octanol–water partition coefficient (Wildman–Crippen LogP) is 1.20. The molecule has 26 heavy (non-hydrogen) atoms. The maximum absolute atomic E-state index is 12.5. The molecule has 132 valence electrons. The highest BCUT2D eigenvalue weighted by Gasteiger charge is 2.22. The number of nitrogens with zero attached hydrogens (tertiary/aromatic N) is 4. The molecule has 3 heterocycles. The summed E-state index contributed by atoms with van der Waals surface area (Å²) >= 11 is 0. The SMILES string of the molecule is O=c1[nH]c(-c2cncnc2)nc2c1CN(Cc1ccc(O)cc1O)CC2. The molecule has 1 aliphatic heterocycles. The average molecular weight is 351 g/mol. The van der Waals surface area contributed by atoms with Crippen LogP contribution in [0.2, 0.25) is 0 Å². The predicted molar refractivity (Wildman–Crippen MR) is 93.5 cm³/mol. The minimum atomic E-state index is -0.173.